The summed E-state index contributed by atoms with van der Waals surface area (Å²) in [5.41, 5.74) is 14.0. The van der Waals surface area contributed by atoms with Gasteiger partial charge in [-0.25, -0.2) is 0 Å². The molecule has 0 amide bonds. The Morgan fingerprint density at radius 1 is 1.44 bits per heavy atom. The summed E-state index contributed by atoms with van der Waals surface area (Å²) in [6, 6.07) is 3.73. The van der Waals surface area contributed by atoms with Gasteiger partial charge >= 0.3 is 5.97 Å². The average molecular weight is 287 g/mol. The summed E-state index contributed by atoms with van der Waals surface area (Å²) in [6.07, 6.45) is 0.956. The van der Waals surface area contributed by atoms with Crippen LogP contribution in [0.3, 0.4) is 0 Å². The highest BCUT2D eigenvalue weighted by Crippen LogP contribution is 2.24. The Labute approximate surface area is 103 Å². The second-order valence-electron chi connectivity index (χ2n) is 3.42. The van der Waals surface area contributed by atoms with Gasteiger partial charge in [0.25, 0.3) is 0 Å². The van der Waals surface area contributed by atoms with Crippen LogP contribution in [0.2, 0.25) is 0 Å². The standard InChI is InChI=1S/C11H15BrN2O2/c1-16-11(15)3-2-7-4-9(12)10(14)5-8(7)6-13/h4-5H,2-3,6,13-14H2,1H3. The smallest absolute Gasteiger partial charge is 0.305 e. The van der Waals surface area contributed by atoms with Crippen LogP contribution in [0.4, 0.5) is 5.69 Å². The number of aryl methyl sites for hydroxylation is 1. The van der Waals surface area contributed by atoms with Crippen LogP contribution in [0.5, 0.6) is 0 Å². The number of anilines is 1. The Kier molecular flexibility index (Phi) is 4.76. The number of benzene rings is 1. The van der Waals surface area contributed by atoms with Crippen molar-refractivity contribution >= 4 is 27.6 Å². The number of esters is 1. The molecule has 0 saturated carbocycles. The highest BCUT2D eigenvalue weighted by Gasteiger charge is 2.08. The minimum Gasteiger partial charge on any atom is -0.469 e. The molecule has 0 atom stereocenters. The molecule has 0 saturated heterocycles. The van der Waals surface area contributed by atoms with E-state index in [1.165, 1.54) is 7.11 Å². The molecule has 0 aliphatic rings. The monoisotopic (exact) mass is 286 g/mol. The van der Waals surface area contributed by atoms with Crippen molar-refractivity contribution in [1.82, 2.24) is 0 Å². The number of rotatable bonds is 4. The van der Waals surface area contributed by atoms with E-state index in [1.54, 1.807) is 0 Å². The van der Waals surface area contributed by atoms with Gasteiger partial charge in [-0.2, -0.15) is 0 Å². The lowest BCUT2D eigenvalue weighted by molar-refractivity contribution is -0.140. The van der Waals surface area contributed by atoms with Gasteiger partial charge in [0.1, 0.15) is 0 Å². The van der Waals surface area contributed by atoms with E-state index in [4.69, 9.17) is 11.5 Å². The first-order valence-electron chi connectivity index (χ1n) is 4.92. The van der Waals surface area contributed by atoms with E-state index in [0.717, 1.165) is 15.6 Å². The lowest BCUT2D eigenvalue weighted by Gasteiger charge is -2.10. The topological polar surface area (TPSA) is 78.3 Å². The van der Waals surface area contributed by atoms with Crippen molar-refractivity contribution in [1.29, 1.82) is 0 Å². The maximum Gasteiger partial charge on any atom is 0.305 e. The summed E-state index contributed by atoms with van der Waals surface area (Å²) in [4.78, 5) is 11.0. The maximum atomic E-state index is 11.0. The van der Waals surface area contributed by atoms with Crippen LogP contribution >= 0.6 is 15.9 Å². The Hall–Kier alpha value is -1.07. The van der Waals surface area contributed by atoms with Crippen LogP contribution in [0.15, 0.2) is 16.6 Å². The van der Waals surface area contributed by atoms with Crippen molar-refractivity contribution < 1.29 is 9.53 Å². The Morgan fingerprint density at radius 2 is 2.12 bits per heavy atom. The summed E-state index contributed by atoms with van der Waals surface area (Å²) < 4.78 is 5.42. The minimum absolute atomic E-state index is 0.226. The minimum atomic E-state index is -0.226. The lowest BCUT2D eigenvalue weighted by atomic mass is 10.0. The molecule has 0 heterocycles. The van der Waals surface area contributed by atoms with Crippen molar-refractivity contribution in [2.75, 3.05) is 12.8 Å². The third-order valence-corrected chi connectivity index (χ3v) is 3.05. The second-order valence-corrected chi connectivity index (χ2v) is 4.28. The molecule has 0 bridgehead atoms. The van der Waals surface area contributed by atoms with Gasteiger partial charge in [-0.1, -0.05) is 0 Å². The molecule has 4 nitrogen and oxygen atoms in total. The molecule has 0 aliphatic heterocycles. The van der Waals surface area contributed by atoms with E-state index in [0.29, 0.717) is 25.1 Å². The number of methoxy groups -OCH3 is 1. The molecule has 0 unspecified atom stereocenters. The highest BCUT2D eigenvalue weighted by molar-refractivity contribution is 9.10. The Morgan fingerprint density at radius 3 is 2.69 bits per heavy atom. The fourth-order valence-corrected chi connectivity index (χ4v) is 1.83. The fraction of sp³-hybridized carbons (Fsp3) is 0.364. The van der Waals surface area contributed by atoms with Crippen LogP contribution in [0, 0.1) is 0 Å². The molecular formula is C11H15BrN2O2. The van der Waals surface area contributed by atoms with Crippen LogP contribution in [-0.2, 0) is 22.5 Å². The van der Waals surface area contributed by atoms with Crippen LogP contribution in [0.25, 0.3) is 0 Å². The zero-order valence-electron chi connectivity index (χ0n) is 9.13. The van der Waals surface area contributed by atoms with Crippen LogP contribution in [-0.4, -0.2) is 13.1 Å². The van der Waals surface area contributed by atoms with Gasteiger partial charge in [0, 0.05) is 23.1 Å². The number of carbonyl (C=O) groups excluding carboxylic acids is 1. The molecule has 16 heavy (non-hydrogen) atoms. The van der Waals surface area contributed by atoms with Gasteiger partial charge in [0.15, 0.2) is 0 Å². The number of ether oxygens (including phenoxy) is 1. The quantitative estimate of drug-likeness (QED) is 0.651. The first kappa shape index (κ1) is 13.0. The molecule has 4 N–H and O–H groups in total. The molecule has 0 spiro atoms. The molecule has 88 valence electrons. The van der Waals surface area contributed by atoms with Crippen molar-refractivity contribution in [2.45, 2.75) is 19.4 Å². The molecule has 1 aromatic carbocycles. The van der Waals surface area contributed by atoms with Crippen molar-refractivity contribution in [3.05, 3.63) is 27.7 Å². The van der Waals surface area contributed by atoms with Gasteiger partial charge in [0.2, 0.25) is 0 Å². The molecule has 0 fully saturated rings. The zero-order valence-corrected chi connectivity index (χ0v) is 10.7. The van der Waals surface area contributed by atoms with E-state index < -0.39 is 0 Å². The van der Waals surface area contributed by atoms with Gasteiger partial charge in [-0.15, -0.1) is 0 Å². The number of carbonyl (C=O) groups is 1. The maximum absolute atomic E-state index is 11.0. The SMILES string of the molecule is COC(=O)CCc1cc(Br)c(N)cc1CN. The van der Waals surface area contributed by atoms with E-state index in [9.17, 15) is 4.79 Å². The first-order chi connectivity index (χ1) is 7.58. The molecule has 0 radical (unpaired) electrons. The van der Waals surface area contributed by atoms with Crippen molar-refractivity contribution in [2.24, 2.45) is 5.73 Å². The van der Waals surface area contributed by atoms with Gasteiger partial charge in [-0.05, 0) is 45.6 Å². The average Bonchev–Trinajstić information content (AvgIpc) is 2.29. The largest absolute Gasteiger partial charge is 0.469 e. The number of nitrogen functional groups attached to an aromatic ring is 1. The first-order valence-corrected chi connectivity index (χ1v) is 5.71. The Balaban J connectivity index is 2.86. The summed E-state index contributed by atoms with van der Waals surface area (Å²) in [5, 5.41) is 0. The predicted molar refractivity (Wildman–Crippen MR) is 66.8 cm³/mol. The normalized spacial score (nSPS) is 10.2. The molecule has 5 heteroatoms. The van der Waals surface area contributed by atoms with Crippen molar-refractivity contribution in [3.8, 4) is 0 Å². The second kappa shape index (κ2) is 5.86. The van der Waals surface area contributed by atoms with Gasteiger partial charge < -0.3 is 16.2 Å². The van der Waals surface area contributed by atoms with Crippen LogP contribution < -0.4 is 11.5 Å². The predicted octanol–water partition coefficient (Wildman–Crippen LogP) is 1.60. The molecule has 0 aromatic heterocycles. The van der Waals surface area contributed by atoms with Crippen LogP contribution in [0.1, 0.15) is 17.5 Å². The molecule has 0 aliphatic carbocycles. The van der Waals surface area contributed by atoms with Gasteiger partial charge in [0.05, 0.1) is 7.11 Å². The number of nitrogens with two attached hydrogens (primary N) is 2. The van der Waals surface area contributed by atoms with E-state index in [-0.39, 0.29) is 5.97 Å². The lowest BCUT2D eigenvalue weighted by Crippen LogP contribution is -2.07. The Bertz CT molecular complexity index is 394. The number of halogens is 1. The highest BCUT2D eigenvalue weighted by atomic mass is 79.9. The molecular weight excluding hydrogens is 272 g/mol. The van der Waals surface area contributed by atoms with E-state index >= 15 is 0 Å². The van der Waals surface area contributed by atoms with Gasteiger partial charge in [-0.3, -0.25) is 4.79 Å². The summed E-state index contributed by atoms with van der Waals surface area (Å²) >= 11 is 3.35. The molecule has 1 rings (SSSR count). The zero-order chi connectivity index (χ0) is 12.1. The van der Waals surface area contributed by atoms with E-state index in [2.05, 4.69) is 20.7 Å². The third kappa shape index (κ3) is 3.21. The summed E-state index contributed by atoms with van der Waals surface area (Å²) in [6.45, 7) is 0.411. The van der Waals surface area contributed by atoms with E-state index in [1.807, 2.05) is 12.1 Å². The third-order valence-electron chi connectivity index (χ3n) is 2.36. The summed E-state index contributed by atoms with van der Waals surface area (Å²) in [5.74, 6) is -0.226. The summed E-state index contributed by atoms with van der Waals surface area (Å²) in [7, 11) is 1.38. The fourth-order valence-electron chi connectivity index (χ4n) is 1.44. The number of hydrogen-bond acceptors (Lipinski definition) is 4. The van der Waals surface area contributed by atoms with Crippen molar-refractivity contribution in [3.63, 3.8) is 0 Å². The molecule has 1 aromatic rings. The number of hydrogen-bond donors (Lipinski definition) is 2.